The van der Waals surface area contributed by atoms with E-state index in [0.29, 0.717) is 18.4 Å². The van der Waals surface area contributed by atoms with Gasteiger partial charge in [-0.25, -0.2) is 9.97 Å². The molecular formula is C23H22N6O. The Bertz CT molecular complexity index is 1320. The molecule has 0 aliphatic rings. The zero-order chi connectivity index (χ0) is 20.5. The van der Waals surface area contributed by atoms with Crippen LogP contribution in [0.1, 0.15) is 19.6 Å². The number of aromatic nitrogens is 4. The number of hydrogen-bond donors (Lipinski definition) is 3. The van der Waals surface area contributed by atoms with Crippen LogP contribution in [-0.4, -0.2) is 26.2 Å². The standard InChI is InChI=1S/C23H22N6O/c1-14(2)25-13-19-10-15-3-4-16(11-21(15)30-19)23-24-8-7-22(28-23)27-18-5-6-20-17(9-18)12-26-29-20/h3-12,14,25H,13H2,1-2H3,(H,26,29)(H,24,27,28). The van der Waals surface area contributed by atoms with Crippen LogP contribution in [0.2, 0.25) is 0 Å². The molecule has 3 aromatic heterocycles. The fraction of sp³-hybridized carbons (Fsp3) is 0.174. The molecule has 0 aliphatic carbocycles. The van der Waals surface area contributed by atoms with Crippen LogP contribution in [0.4, 0.5) is 11.5 Å². The van der Waals surface area contributed by atoms with Gasteiger partial charge in [-0.1, -0.05) is 26.0 Å². The van der Waals surface area contributed by atoms with Crippen LogP contribution in [0.5, 0.6) is 0 Å². The first-order valence-corrected chi connectivity index (χ1v) is 9.93. The fourth-order valence-corrected chi connectivity index (χ4v) is 3.35. The van der Waals surface area contributed by atoms with Crippen molar-refractivity contribution in [1.82, 2.24) is 25.5 Å². The van der Waals surface area contributed by atoms with Gasteiger partial charge in [0, 0.05) is 34.3 Å². The number of hydrogen-bond acceptors (Lipinski definition) is 6. The number of benzene rings is 2. The topological polar surface area (TPSA) is 91.7 Å². The van der Waals surface area contributed by atoms with E-state index in [0.717, 1.165) is 44.7 Å². The summed E-state index contributed by atoms with van der Waals surface area (Å²) in [6, 6.07) is 16.4. The number of aromatic amines is 1. The Hall–Kier alpha value is -3.71. The third-order valence-electron chi connectivity index (χ3n) is 4.88. The number of nitrogens with one attached hydrogen (secondary N) is 3. The van der Waals surface area contributed by atoms with Gasteiger partial charge in [-0.2, -0.15) is 5.10 Å². The minimum Gasteiger partial charge on any atom is -0.460 e. The molecule has 0 fully saturated rings. The van der Waals surface area contributed by atoms with Gasteiger partial charge in [-0.15, -0.1) is 0 Å². The summed E-state index contributed by atoms with van der Waals surface area (Å²) in [5.41, 5.74) is 3.69. The van der Waals surface area contributed by atoms with Crippen molar-refractivity contribution < 1.29 is 4.42 Å². The van der Waals surface area contributed by atoms with Crippen LogP contribution in [0.3, 0.4) is 0 Å². The molecule has 5 rings (SSSR count). The Labute approximate surface area is 173 Å². The van der Waals surface area contributed by atoms with E-state index in [1.807, 2.05) is 42.5 Å². The van der Waals surface area contributed by atoms with Gasteiger partial charge in [0.05, 0.1) is 18.3 Å². The van der Waals surface area contributed by atoms with E-state index in [9.17, 15) is 0 Å². The lowest BCUT2D eigenvalue weighted by molar-refractivity contribution is 0.488. The van der Waals surface area contributed by atoms with Crippen LogP contribution in [0.25, 0.3) is 33.3 Å². The minimum absolute atomic E-state index is 0.409. The van der Waals surface area contributed by atoms with E-state index in [2.05, 4.69) is 50.7 Å². The first-order chi connectivity index (χ1) is 14.6. The highest BCUT2D eigenvalue weighted by atomic mass is 16.3. The lowest BCUT2D eigenvalue weighted by Gasteiger charge is -2.07. The van der Waals surface area contributed by atoms with E-state index in [1.165, 1.54) is 0 Å². The number of rotatable bonds is 6. The molecule has 0 saturated heterocycles. The van der Waals surface area contributed by atoms with Crippen molar-refractivity contribution >= 4 is 33.4 Å². The normalized spacial score (nSPS) is 11.6. The number of H-pyrrole nitrogens is 1. The van der Waals surface area contributed by atoms with Gasteiger partial charge >= 0.3 is 0 Å². The second-order valence-corrected chi connectivity index (χ2v) is 7.56. The van der Waals surface area contributed by atoms with E-state index in [-0.39, 0.29) is 0 Å². The summed E-state index contributed by atoms with van der Waals surface area (Å²) in [6.07, 6.45) is 3.56. The molecule has 30 heavy (non-hydrogen) atoms. The quantitative estimate of drug-likeness (QED) is 0.372. The average molecular weight is 398 g/mol. The van der Waals surface area contributed by atoms with Crippen molar-refractivity contribution in [3.05, 3.63) is 66.7 Å². The molecule has 0 spiro atoms. The van der Waals surface area contributed by atoms with Gasteiger partial charge in [-0.05, 0) is 36.4 Å². The van der Waals surface area contributed by atoms with Gasteiger partial charge in [0.15, 0.2) is 5.82 Å². The van der Waals surface area contributed by atoms with Crippen molar-refractivity contribution in [2.45, 2.75) is 26.4 Å². The minimum atomic E-state index is 0.409. The van der Waals surface area contributed by atoms with Gasteiger partial charge in [0.1, 0.15) is 17.2 Å². The van der Waals surface area contributed by atoms with Gasteiger partial charge in [0.2, 0.25) is 0 Å². The fourth-order valence-electron chi connectivity index (χ4n) is 3.35. The molecule has 0 atom stereocenters. The maximum absolute atomic E-state index is 6.00. The highest BCUT2D eigenvalue weighted by Gasteiger charge is 2.09. The molecule has 150 valence electrons. The molecule has 0 aliphatic heterocycles. The Balaban J connectivity index is 1.40. The summed E-state index contributed by atoms with van der Waals surface area (Å²) in [4.78, 5) is 9.13. The summed E-state index contributed by atoms with van der Waals surface area (Å²) in [6.45, 7) is 4.94. The Morgan fingerprint density at radius 2 is 1.97 bits per heavy atom. The lowest BCUT2D eigenvalue weighted by Crippen LogP contribution is -2.21. The van der Waals surface area contributed by atoms with Crippen molar-refractivity contribution in [3.8, 4) is 11.4 Å². The molecular weight excluding hydrogens is 376 g/mol. The summed E-state index contributed by atoms with van der Waals surface area (Å²) in [5.74, 6) is 2.29. The van der Waals surface area contributed by atoms with Crippen molar-refractivity contribution in [2.24, 2.45) is 0 Å². The van der Waals surface area contributed by atoms with Crippen LogP contribution < -0.4 is 10.6 Å². The molecule has 0 unspecified atom stereocenters. The lowest BCUT2D eigenvalue weighted by atomic mass is 10.1. The van der Waals surface area contributed by atoms with E-state index >= 15 is 0 Å². The maximum atomic E-state index is 6.00. The molecule has 3 N–H and O–H groups in total. The van der Waals surface area contributed by atoms with Gasteiger partial charge in [0.25, 0.3) is 0 Å². The molecule has 5 aromatic rings. The van der Waals surface area contributed by atoms with Crippen LogP contribution in [-0.2, 0) is 6.54 Å². The van der Waals surface area contributed by atoms with E-state index in [1.54, 1.807) is 12.4 Å². The van der Waals surface area contributed by atoms with E-state index in [4.69, 9.17) is 4.42 Å². The number of anilines is 2. The van der Waals surface area contributed by atoms with Crippen LogP contribution in [0.15, 0.2) is 65.3 Å². The molecule has 7 heteroatoms. The zero-order valence-corrected chi connectivity index (χ0v) is 16.8. The predicted molar refractivity (Wildman–Crippen MR) is 119 cm³/mol. The third kappa shape index (κ3) is 3.75. The summed E-state index contributed by atoms with van der Waals surface area (Å²) in [7, 11) is 0. The van der Waals surface area contributed by atoms with E-state index < -0.39 is 0 Å². The van der Waals surface area contributed by atoms with Gasteiger partial charge < -0.3 is 15.1 Å². The van der Waals surface area contributed by atoms with Crippen molar-refractivity contribution in [3.63, 3.8) is 0 Å². The first-order valence-electron chi connectivity index (χ1n) is 9.93. The molecule has 0 radical (unpaired) electrons. The summed E-state index contributed by atoms with van der Waals surface area (Å²) in [5, 5.41) is 15.8. The maximum Gasteiger partial charge on any atom is 0.161 e. The van der Waals surface area contributed by atoms with Crippen molar-refractivity contribution in [1.29, 1.82) is 0 Å². The molecule has 2 aromatic carbocycles. The summed E-state index contributed by atoms with van der Waals surface area (Å²) < 4.78 is 6.00. The van der Waals surface area contributed by atoms with Crippen LogP contribution in [0, 0.1) is 0 Å². The smallest absolute Gasteiger partial charge is 0.161 e. The highest BCUT2D eigenvalue weighted by molar-refractivity contribution is 5.84. The number of furan rings is 1. The molecule has 0 bridgehead atoms. The zero-order valence-electron chi connectivity index (χ0n) is 16.8. The second-order valence-electron chi connectivity index (χ2n) is 7.56. The first kappa shape index (κ1) is 18.3. The third-order valence-corrected chi connectivity index (χ3v) is 4.88. The monoisotopic (exact) mass is 398 g/mol. The predicted octanol–water partition coefficient (Wildman–Crippen LogP) is 5.01. The Morgan fingerprint density at radius 1 is 1.03 bits per heavy atom. The largest absolute Gasteiger partial charge is 0.460 e. The average Bonchev–Trinajstić information content (AvgIpc) is 3.38. The Morgan fingerprint density at radius 3 is 2.87 bits per heavy atom. The molecule has 0 amide bonds. The van der Waals surface area contributed by atoms with Crippen LogP contribution >= 0.6 is 0 Å². The molecule has 3 heterocycles. The van der Waals surface area contributed by atoms with Gasteiger partial charge in [-0.3, -0.25) is 5.10 Å². The molecule has 0 saturated carbocycles. The number of fused-ring (bicyclic) bond motifs is 2. The SMILES string of the molecule is CC(C)NCc1cc2ccc(-c3nccc(Nc4ccc5[nH]ncc5c4)n3)cc2o1. The number of nitrogens with zero attached hydrogens (tertiary/aromatic N) is 3. The van der Waals surface area contributed by atoms with Crippen molar-refractivity contribution in [2.75, 3.05) is 5.32 Å². The second kappa shape index (κ2) is 7.61. The summed E-state index contributed by atoms with van der Waals surface area (Å²) >= 11 is 0. The molecule has 7 nitrogen and oxygen atoms in total. The Kier molecular flexibility index (Phi) is 4.65. The highest BCUT2D eigenvalue weighted by Crippen LogP contribution is 2.26.